The number of halogens is 2. The number of rotatable bonds is 3. The molecule has 0 atom stereocenters. The molecule has 0 heterocycles. The van der Waals surface area contributed by atoms with Crippen LogP contribution in [0.5, 0.6) is 0 Å². The van der Waals surface area contributed by atoms with E-state index in [0.717, 1.165) is 23.9 Å². The zero-order chi connectivity index (χ0) is 14.9. The lowest BCUT2D eigenvalue weighted by atomic mass is 10.3. The molecule has 0 saturated heterocycles. The fourth-order valence-electron chi connectivity index (χ4n) is 1.53. The van der Waals surface area contributed by atoms with Crippen LogP contribution in [0.2, 0.25) is 0 Å². The maximum Gasteiger partial charge on any atom is 0.240 e. The summed E-state index contributed by atoms with van der Waals surface area (Å²) in [5.41, 5.74) is 5.57. The van der Waals surface area contributed by atoms with Crippen molar-refractivity contribution in [3.8, 4) is 0 Å². The van der Waals surface area contributed by atoms with Crippen molar-refractivity contribution in [2.24, 2.45) is 5.14 Å². The molecule has 2 rings (SSSR count). The fourth-order valence-corrected chi connectivity index (χ4v) is 3.05. The van der Waals surface area contributed by atoms with Crippen LogP contribution in [0.4, 0.5) is 14.5 Å². The number of benzene rings is 2. The number of nitrogens with two attached hydrogens (primary N) is 2. The van der Waals surface area contributed by atoms with Crippen molar-refractivity contribution in [3.05, 3.63) is 48.0 Å². The second-order valence-electron chi connectivity index (χ2n) is 3.92. The molecule has 8 heteroatoms. The largest absolute Gasteiger partial charge is 0.398 e. The van der Waals surface area contributed by atoms with Gasteiger partial charge in [0.1, 0.15) is 16.5 Å². The predicted molar refractivity (Wildman–Crippen MR) is 72.7 cm³/mol. The minimum atomic E-state index is -3.89. The zero-order valence-corrected chi connectivity index (χ0v) is 11.6. The lowest BCUT2D eigenvalue weighted by Crippen LogP contribution is -2.14. The van der Waals surface area contributed by atoms with E-state index in [1.165, 1.54) is 24.3 Å². The summed E-state index contributed by atoms with van der Waals surface area (Å²) in [4.78, 5) is 0.524. The van der Waals surface area contributed by atoms with Gasteiger partial charge in [-0.1, -0.05) is 11.8 Å². The predicted octanol–water partition coefficient (Wildman–Crippen LogP) is 2.35. The van der Waals surface area contributed by atoms with Gasteiger partial charge in [-0.2, -0.15) is 0 Å². The first-order chi connectivity index (χ1) is 9.27. The van der Waals surface area contributed by atoms with E-state index >= 15 is 0 Å². The van der Waals surface area contributed by atoms with E-state index in [1.807, 2.05) is 0 Å². The van der Waals surface area contributed by atoms with Gasteiger partial charge in [-0.3, -0.25) is 0 Å². The van der Waals surface area contributed by atoms with Crippen molar-refractivity contribution in [1.82, 2.24) is 0 Å². The number of hydrogen-bond donors (Lipinski definition) is 2. The Kier molecular flexibility index (Phi) is 3.98. The second kappa shape index (κ2) is 5.39. The van der Waals surface area contributed by atoms with Crippen molar-refractivity contribution >= 4 is 27.5 Å². The Labute approximate surface area is 118 Å². The van der Waals surface area contributed by atoms with Crippen LogP contribution in [0.15, 0.2) is 51.1 Å². The lowest BCUT2D eigenvalue weighted by Gasteiger charge is -2.07. The van der Waals surface area contributed by atoms with Crippen LogP contribution in [-0.4, -0.2) is 8.42 Å². The molecule has 4 N–H and O–H groups in total. The lowest BCUT2D eigenvalue weighted by molar-refractivity contribution is 0.565. The smallest absolute Gasteiger partial charge is 0.240 e. The topological polar surface area (TPSA) is 86.2 Å². The van der Waals surface area contributed by atoms with Gasteiger partial charge in [-0.25, -0.2) is 22.3 Å². The first-order valence-corrected chi connectivity index (χ1v) is 7.69. The summed E-state index contributed by atoms with van der Waals surface area (Å²) in [6, 6.07) is 7.25. The van der Waals surface area contributed by atoms with Gasteiger partial charge in [0.15, 0.2) is 0 Å². The van der Waals surface area contributed by atoms with E-state index in [2.05, 4.69) is 0 Å². The summed E-state index contributed by atoms with van der Waals surface area (Å²) >= 11 is 0.999. The highest BCUT2D eigenvalue weighted by atomic mass is 32.2. The summed E-state index contributed by atoms with van der Waals surface area (Å²) < 4.78 is 48.7. The molecule has 0 aliphatic carbocycles. The molecule has 0 radical (unpaired) electrons. The van der Waals surface area contributed by atoms with Gasteiger partial charge in [0.25, 0.3) is 0 Å². The number of sulfonamides is 1. The van der Waals surface area contributed by atoms with Crippen LogP contribution in [0.3, 0.4) is 0 Å². The Hall–Kier alpha value is -1.64. The molecule has 2 aromatic rings. The van der Waals surface area contributed by atoms with E-state index in [0.29, 0.717) is 4.90 Å². The summed E-state index contributed by atoms with van der Waals surface area (Å²) in [5.74, 6) is -1.37. The Morgan fingerprint density at radius 3 is 2.30 bits per heavy atom. The first-order valence-electron chi connectivity index (χ1n) is 5.32. The average Bonchev–Trinajstić information content (AvgIpc) is 2.31. The van der Waals surface area contributed by atoms with Crippen molar-refractivity contribution in [2.75, 3.05) is 5.73 Å². The summed E-state index contributed by atoms with van der Waals surface area (Å²) in [5, 5.41) is 4.98. The Morgan fingerprint density at radius 1 is 1.05 bits per heavy atom. The maximum absolute atomic E-state index is 13.5. The zero-order valence-electron chi connectivity index (χ0n) is 10.0. The third-order valence-corrected chi connectivity index (χ3v) is 4.43. The molecule has 0 bridgehead atoms. The molecule has 0 aliphatic rings. The number of anilines is 1. The SMILES string of the molecule is Nc1cc(Sc2ccc(F)cc2F)ccc1S(N)(=O)=O. The van der Waals surface area contributed by atoms with Gasteiger partial charge in [-0.15, -0.1) is 0 Å². The van der Waals surface area contributed by atoms with E-state index in [4.69, 9.17) is 10.9 Å². The van der Waals surface area contributed by atoms with Gasteiger partial charge < -0.3 is 5.73 Å². The summed E-state index contributed by atoms with van der Waals surface area (Å²) in [6.07, 6.45) is 0. The molecule has 0 aromatic heterocycles. The van der Waals surface area contributed by atoms with Crippen LogP contribution in [0, 0.1) is 11.6 Å². The van der Waals surface area contributed by atoms with Crippen LogP contribution in [0.1, 0.15) is 0 Å². The van der Waals surface area contributed by atoms with Gasteiger partial charge in [0.2, 0.25) is 10.0 Å². The van der Waals surface area contributed by atoms with E-state index < -0.39 is 21.7 Å². The third kappa shape index (κ3) is 3.27. The third-order valence-electron chi connectivity index (χ3n) is 2.41. The first kappa shape index (κ1) is 14.8. The molecule has 20 heavy (non-hydrogen) atoms. The molecular weight excluding hydrogens is 306 g/mol. The van der Waals surface area contributed by atoms with Crippen LogP contribution in [-0.2, 0) is 10.0 Å². The van der Waals surface area contributed by atoms with E-state index in [1.54, 1.807) is 0 Å². The number of nitrogen functional groups attached to an aromatic ring is 1. The highest BCUT2D eigenvalue weighted by Gasteiger charge is 2.13. The number of primary sulfonamides is 1. The molecule has 0 aliphatic heterocycles. The standard InChI is InChI=1S/C12H10F2N2O2S2/c13-7-1-3-11(9(14)5-7)19-8-2-4-12(10(15)6-8)20(16,17)18/h1-6H,15H2,(H2,16,17,18). The van der Waals surface area contributed by atoms with Gasteiger partial charge in [-0.05, 0) is 30.3 Å². The summed E-state index contributed by atoms with van der Waals surface area (Å²) in [6.45, 7) is 0. The molecule has 0 saturated carbocycles. The average molecular weight is 316 g/mol. The van der Waals surface area contributed by atoms with Gasteiger partial charge >= 0.3 is 0 Å². The normalized spacial score (nSPS) is 11.6. The van der Waals surface area contributed by atoms with Crippen molar-refractivity contribution in [2.45, 2.75) is 14.7 Å². The Balaban J connectivity index is 2.34. The van der Waals surface area contributed by atoms with Crippen LogP contribution in [0.25, 0.3) is 0 Å². The minimum Gasteiger partial charge on any atom is -0.398 e. The quantitative estimate of drug-likeness (QED) is 0.851. The summed E-state index contributed by atoms with van der Waals surface area (Å²) in [7, 11) is -3.89. The maximum atomic E-state index is 13.5. The highest BCUT2D eigenvalue weighted by Crippen LogP contribution is 2.32. The molecule has 4 nitrogen and oxygen atoms in total. The van der Waals surface area contributed by atoms with E-state index in [-0.39, 0.29) is 15.5 Å². The molecule has 2 aromatic carbocycles. The highest BCUT2D eigenvalue weighted by molar-refractivity contribution is 7.99. The molecule has 0 amide bonds. The molecule has 106 valence electrons. The van der Waals surface area contributed by atoms with Crippen molar-refractivity contribution in [3.63, 3.8) is 0 Å². The monoisotopic (exact) mass is 316 g/mol. The Bertz CT molecular complexity index is 764. The second-order valence-corrected chi connectivity index (χ2v) is 6.57. The molecule has 0 unspecified atom stereocenters. The minimum absolute atomic E-state index is 0.0278. The Morgan fingerprint density at radius 2 is 1.75 bits per heavy atom. The van der Waals surface area contributed by atoms with Crippen molar-refractivity contribution < 1.29 is 17.2 Å². The van der Waals surface area contributed by atoms with Crippen LogP contribution < -0.4 is 10.9 Å². The molecular formula is C12H10F2N2O2S2. The molecule has 0 fully saturated rings. The molecule has 0 spiro atoms. The van der Waals surface area contributed by atoms with Gasteiger partial charge in [0.05, 0.1) is 5.69 Å². The number of hydrogen-bond acceptors (Lipinski definition) is 4. The van der Waals surface area contributed by atoms with Crippen molar-refractivity contribution in [1.29, 1.82) is 0 Å². The van der Waals surface area contributed by atoms with Crippen LogP contribution >= 0.6 is 11.8 Å². The fraction of sp³-hybridized carbons (Fsp3) is 0. The van der Waals surface area contributed by atoms with Gasteiger partial charge in [0, 0.05) is 15.9 Å². The van der Waals surface area contributed by atoms with E-state index in [9.17, 15) is 17.2 Å².